The van der Waals surface area contributed by atoms with Crippen LogP contribution in [-0.4, -0.2) is 14.4 Å². The largest absolute Gasteiger partial charge is 0.456 e. The minimum absolute atomic E-state index is 0.901. The summed E-state index contributed by atoms with van der Waals surface area (Å²) < 4.78 is 8.46. The zero-order chi connectivity index (χ0) is 25.9. The molecule has 0 fully saturated rings. The zero-order valence-electron chi connectivity index (χ0n) is 21.2. The van der Waals surface area contributed by atoms with E-state index in [0.29, 0.717) is 0 Å². The highest BCUT2D eigenvalue weighted by Gasteiger charge is 2.22. The van der Waals surface area contributed by atoms with Crippen molar-refractivity contribution in [1.29, 1.82) is 0 Å². The van der Waals surface area contributed by atoms with E-state index in [1.165, 1.54) is 32.6 Å². The molecule has 0 aliphatic heterocycles. The van der Waals surface area contributed by atoms with Crippen LogP contribution in [0.3, 0.4) is 0 Å². The molecule has 0 atom stereocenters. The van der Waals surface area contributed by atoms with Gasteiger partial charge in [0.25, 0.3) is 0 Å². The Hall–Kier alpha value is -5.48. The van der Waals surface area contributed by atoms with Crippen LogP contribution in [0.5, 0.6) is 0 Å². The number of fused-ring (bicyclic) bond motifs is 12. The first-order valence-corrected chi connectivity index (χ1v) is 13.5. The van der Waals surface area contributed by atoms with Crippen molar-refractivity contribution < 1.29 is 4.42 Å². The van der Waals surface area contributed by atoms with Crippen LogP contribution in [0, 0.1) is 0 Å². The number of furan rings is 1. The summed E-state index contributed by atoms with van der Waals surface area (Å²) in [5.74, 6) is 0. The van der Waals surface area contributed by atoms with E-state index in [0.717, 1.165) is 60.6 Å². The Balaban J connectivity index is 1.40. The summed E-state index contributed by atoms with van der Waals surface area (Å²) in [6.45, 7) is 0. The molecule has 0 radical (unpaired) electrons. The van der Waals surface area contributed by atoms with Gasteiger partial charge in [0.15, 0.2) is 5.65 Å². The van der Waals surface area contributed by atoms with Crippen molar-refractivity contribution in [3.63, 3.8) is 0 Å². The highest BCUT2D eigenvalue weighted by atomic mass is 16.3. The first-order valence-electron chi connectivity index (χ1n) is 13.5. The molecule has 4 heteroatoms. The molecule has 4 nitrogen and oxygen atoms in total. The second-order valence-electron chi connectivity index (χ2n) is 10.6. The Bertz CT molecular complexity index is 2660. The third-order valence-electron chi connectivity index (χ3n) is 8.48. The molecule has 0 spiro atoms. The number of hydrogen-bond donors (Lipinski definition) is 0. The molecule has 6 aromatic carbocycles. The van der Waals surface area contributed by atoms with E-state index in [9.17, 15) is 0 Å². The first kappa shape index (κ1) is 20.5. The molecule has 10 aromatic rings. The van der Waals surface area contributed by atoms with Crippen LogP contribution < -0.4 is 0 Å². The lowest BCUT2D eigenvalue weighted by Gasteiger charge is -2.05. The lowest BCUT2D eigenvalue weighted by Crippen LogP contribution is -1.89. The Morgan fingerprint density at radius 2 is 1.18 bits per heavy atom. The summed E-state index contributed by atoms with van der Waals surface area (Å²) in [5.41, 5.74) is 10.1. The molecule has 0 N–H and O–H groups in total. The Kier molecular flexibility index (Phi) is 3.65. The molecule has 0 aliphatic rings. The average molecular weight is 510 g/mol. The van der Waals surface area contributed by atoms with Gasteiger partial charge in [-0.05, 0) is 59.0 Å². The predicted octanol–water partition coefficient (Wildman–Crippen LogP) is 9.50. The van der Waals surface area contributed by atoms with Crippen molar-refractivity contribution in [1.82, 2.24) is 14.4 Å². The first-order chi connectivity index (χ1) is 19.8. The third-order valence-corrected chi connectivity index (χ3v) is 8.48. The minimum Gasteiger partial charge on any atom is -0.456 e. The summed E-state index contributed by atoms with van der Waals surface area (Å²) in [6.07, 6.45) is 0. The van der Waals surface area contributed by atoms with E-state index < -0.39 is 0 Å². The van der Waals surface area contributed by atoms with Crippen LogP contribution in [0.25, 0.3) is 93.2 Å². The highest BCUT2D eigenvalue weighted by Crippen LogP contribution is 2.43. The Morgan fingerprint density at radius 1 is 0.475 bits per heavy atom. The van der Waals surface area contributed by atoms with Gasteiger partial charge in [-0.2, -0.15) is 0 Å². The van der Waals surface area contributed by atoms with E-state index in [2.05, 4.69) is 83.3 Å². The fourth-order valence-corrected chi connectivity index (χ4v) is 6.70. The minimum atomic E-state index is 0.901. The molecule has 0 aliphatic carbocycles. The smallest absolute Gasteiger partial charge is 0.165 e. The number of aromatic nitrogens is 3. The van der Waals surface area contributed by atoms with Crippen molar-refractivity contribution >= 4 is 82.1 Å². The summed E-state index contributed by atoms with van der Waals surface area (Å²) in [6, 6.07) is 40.6. The van der Waals surface area contributed by atoms with E-state index in [4.69, 9.17) is 14.4 Å². The van der Waals surface area contributed by atoms with Crippen LogP contribution in [0.4, 0.5) is 0 Å². The van der Waals surface area contributed by atoms with Crippen LogP contribution in [0.1, 0.15) is 0 Å². The highest BCUT2D eigenvalue weighted by molar-refractivity contribution is 6.27. The van der Waals surface area contributed by atoms with Gasteiger partial charge in [0.2, 0.25) is 0 Å². The van der Waals surface area contributed by atoms with Gasteiger partial charge in [0, 0.05) is 32.3 Å². The molecule has 4 heterocycles. The van der Waals surface area contributed by atoms with E-state index >= 15 is 0 Å². The monoisotopic (exact) mass is 509 g/mol. The van der Waals surface area contributed by atoms with Gasteiger partial charge >= 0.3 is 0 Å². The molecule has 10 rings (SSSR count). The number of hydrogen-bond acceptors (Lipinski definition) is 3. The lowest BCUT2D eigenvalue weighted by molar-refractivity contribution is 0.669. The van der Waals surface area contributed by atoms with Crippen molar-refractivity contribution in [3.05, 3.63) is 115 Å². The maximum atomic E-state index is 6.12. The fraction of sp³-hybridized carbons (Fsp3) is 0. The number of nitrogens with zero attached hydrogens (tertiary/aromatic N) is 3. The second kappa shape index (κ2) is 7.13. The number of para-hydroxylation sites is 3. The van der Waals surface area contributed by atoms with E-state index in [1.54, 1.807) is 0 Å². The standard InChI is InChI=1S/C36H19N3O/c1-2-8-23-20(7-1)13-15-25-27-18-22(21-14-16-32-26(17-21)24-9-3-6-12-31(24)40-32)19-28-33-36(39(34(23)25)35(27)28)38-30-11-5-4-10-29(30)37-33/h1-19H. The van der Waals surface area contributed by atoms with Crippen molar-refractivity contribution in [2.45, 2.75) is 0 Å². The van der Waals surface area contributed by atoms with Gasteiger partial charge in [-0.25, -0.2) is 9.97 Å². The van der Waals surface area contributed by atoms with Gasteiger partial charge in [-0.15, -0.1) is 0 Å². The molecular formula is C36H19N3O. The van der Waals surface area contributed by atoms with Crippen molar-refractivity contribution in [2.75, 3.05) is 0 Å². The molecule has 0 bridgehead atoms. The molecule has 40 heavy (non-hydrogen) atoms. The van der Waals surface area contributed by atoms with Gasteiger partial charge < -0.3 is 4.42 Å². The molecule has 4 aromatic heterocycles. The van der Waals surface area contributed by atoms with Gasteiger partial charge in [-0.1, -0.05) is 72.8 Å². The second-order valence-corrected chi connectivity index (χ2v) is 10.6. The molecule has 0 saturated heterocycles. The van der Waals surface area contributed by atoms with Crippen LogP contribution in [-0.2, 0) is 0 Å². The Morgan fingerprint density at radius 3 is 2.10 bits per heavy atom. The summed E-state index contributed by atoms with van der Waals surface area (Å²) in [4.78, 5) is 10.4. The van der Waals surface area contributed by atoms with Crippen molar-refractivity contribution in [3.8, 4) is 11.1 Å². The summed E-state index contributed by atoms with van der Waals surface area (Å²) >= 11 is 0. The van der Waals surface area contributed by atoms with Gasteiger partial charge in [-0.3, -0.25) is 4.40 Å². The van der Waals surface area contributed by atoms with Crippen LogP contribution in [0.15, 0.2) is 120 Å². The molecule has 0 unspecified atom stereocenters. The Labute approximate surface area is 227 Å². The number of rotatable bonds is 1. The zero-order valence-corrected chi connectivity index (χ0v) is 21.2. The van der Waals surface area contributed by atoms with Gasteiger partial charge in [0.1, 0.15) is 16.7 Å². The van der Waals surface area contributed by atoms with Crippen LogP contribution in [0.2, 0.25) is 0 Å². The maximum Gasteiger partial charge on any atom is 0.165 e. The quantitative estimate of drug-likeness (QED) is 0.221. The third kappa shape index (κ3) is 2.51. The predicted molar refractivity (Wildman–Crippen MR) is 164 cm³/mol. The van der Waals surface area contributed by atoms with E-state index in [-0.39, 0.29) is 0 Å². The molecule has 0 saturated carbocycles. The SMILES string of the molecule is c1ccc2c(c1)ccc1c3cc(-c4ccc5oc6ccccc6c5c4)cc4c5nc6ccccc6nc5n(c21)c34. The molecular weight excluding hydrogens is 490 g/mol. The summed E-state index contributed by atoms with van der Waals surface area (Å²) in [7, 11) is 0. The summed E-state index contributed by atoms with van der Waals surface area (Å²) in [5, 5.41) is 8.27. The molecule has 0 amide bonds. The topological polar surface area (TPSA) is 43.3 Å². The van der Waals surface area contributed by atoms with E-state index in [1.807, 2.05) is 36.4 Å². The van der Waals surface area contributed by atoms with Crippen LogP contribution >= 0.6 is 0 Å². The van der Waals surface area contributed by atoms with Gasteiger partial charge in [0.05, 0.1) is 22.1 Å². The fourth-order valence-electron chi connectivity index (χ4n) is 6.70. The normalized spacial score (nSPS) is 12.5. The maximum absolute atomic E-state index is 6.12. The average Bonchev–Trinajstić information content (AvgIpc) is 3.65. The van der Waals surface area contributed by atoms with Crippen molar-refractivity contribution in [2.24, 2.45) is 0 Å². The lowest BCUT2D eigenvalue weighted by atomic mass is 9.98. The molecule has 184 valence electrons. The number of benzene rings is 6.